The second-order valence-electron chi connectivity index (χ2n) is 6.08. The van der Waals surface area contributed by atoms with E-state index >= 15 is 0 Å². The molecule has 0 bridgehead atoms. The Balaban J connectivity index is 1.62. The van der Waals surface area contributed by atoms with Gasteiger partial charge >= 0.3 is 5.97 Å². The molecule has 2 N–H and O–H groups in total. The van der Waals surface area contributed by atoms with Crippen molar-refractivity contribution in [1.29, 1.82) is 0 Å². The van der Waals surface area contributed by atoms with Crippen molar-refractivity contribution in [3.63, 3.8) is 0 Å². The van der Waals surface area contributed by atoms with E-state index in [0.717, 1.165) is 18.4 Å². The highest BCUT2D eigenvalue weighted by molar-refractivity contribution is 5.93. The van der Waals surface area contributed by atoms with Gasteiger partial charge < -0.3 is 10.4 Å². The summed E-state index contributed by atoms with van der Waals surface area (Å²) in [6.45, 7) is 1.86. The van der Waals surface area contributed by atoms with Crippen molar-refractivity contribution < 1.29 is 14.7 Å². The number of nitrogens with zero attached hydrogens (tertiary/aromatic N) is 2. The van der Waals surface area contributed by atoms with Crippen LogP contribution in [0.1, 0.15) is 35.3 Å². The summed E-state index contributed by atoms with van der Waals surface area (Å²) in [7, 11) is 1.79. The number of carboxylic acids is 1. The third kappa shape index (κ3) is 2.09. The Kier molecular flexibility index (Phi) is 3.03. The van der Waals surface area contributed by atoms with Crippen molar-refractivity contribution in [3.8, 4) is 0 Å². The van der Waals surface area contributed by atoms with Gasteiger partial charge in [-0.2, -0.15) is 5.10 Å². The summed E-state index contributed by atoms with van der Waals surface area (Å²) >= 11 is 0. The number of aliphatic carboxylic acids is 1. The molecule has 4 atom stereocenters. The number of fused-ring (bicyclic) bond motifs is 1. The van der Waals surface area contributed by atoms with E-state index in [1.54, 1.807) is 11.7 Å². The van der Waals surface area contributed by atoms with Gasteiger partial charge in [-0.05, 0) is 38.0 Å². The Bertz CT molecular complexity index is 566. The average Bonchev–Trinajstić information content (AvgIpc) is 2.86. The van der Waals surface area contributed by atoms with Crippen LogP contribution in [0.15, 0.2) is 6.20 Å². The Labute approximate surface area is 117 Å². The molecule has 2 fully saturated rings. The quantitative estimate of drug-likeness (QED) is 0.861. The van der Waals surface area contributed by atoms with E-state index in [2.05, 4.69) is 10.4 Å². The van der Waals surface area contributed by atoms with Crippen LogP contribution >= 0.6 is 0 Å². The molecule has 2 saturated carbocycles. The van der Waals surface area contributed by atoms with Crippen molar-refractivity contribution in [3.05, 3.63) is 17.5 Å². The molecule has 1 unspecified atom stereocenters. The molecule has 6 heteroatoms. The molecule has 6 nitrogen and oxygen atoms in total. The molecular formula is C14H19N3O3. The Hall–Kier alpha value is -1.85. The molecule has 1 amide bonds. The van der Waals surface area contributed by atoms with E-state index in [-0.39, 0.29) is 17.9 Å². The summed E-state index contributed by atoms with van der Waals surface area (Å²) in [5, 5.41) is 16.2. The second kappa shape index (κ2) is 4.61. The highest BCUT2D eigenvalue weighted by Gasteiger charge is 2.50. The SMILES string of the molecule is Cc1cn(C)nc1C(=O)N[C@@H]1C[C@@H]2CC(C(=O)O)C[C@@H]21. The first-order valence-electron chi connectivity index (χ1n) is 6.99. The predicted molar refractivity (Wildman–Crippen MR) is 71.2 cm³/mol. The van der Waals surface area contributed by atoms with Gasteiger partial charge in [0.05, 0.1) is 5.92 Å². The molecule has 3 rings (SSSR count). The lowest BCUT2D eigenvalue weighted by molar-refractivity contribution is -0.141. The number of carbonyl (C=O) groups excluding carboxylic acids is 1. The number of amides is 1. The molecule has 1 heterocycles. The molecule has 108 valence electrons. The maximum absolute atomic E-state index is 12.2. The van der Waals surface area contributed by atoms with Gasteiger partial charge in [0, 0.05) is 24.8 Å². The first-order valence-corrected chi connectivity index (χ1v) is 6.99. The smallest absolute Gasteiger partial charge is 0.306 e. The summed E-state index contributed by atoms with van der Waals surface area (Å²) in [5.41, 5.74) is 1.32. The highest BCUT2D eigenvalue weighted by Crippen LogP contribution is 2.49. The largest absolute Gasteiger partial charge is 0.481 e. The van der Waals surface area contributed by atoms with Gasteiger partial charge in [0.1, 0.15) is 0 Å². The second-order valence-corrected chi connectivity index (χ2v) is 6.08. The van der Waals surface area contributed by atoms with E-state index < -0.39 is 5.97 Å². The van der Waals surface area contributed by atoms with Gasteiger partial charge in [-0.25, -0.2) is 0 Å². The summed E-state index contributed by atoms with van der Waals surface area (Å²) in [5.74, 6) is -0.297. The zero-order valence-corrected chi connectivity index (χ0v) is 11.7. The summed E-state index contributed by atoms with van der Waals surface area (Å²) in [6.07, 6.45) is 4.15. The minimum absolute atomic E-state index is 0.109. The molecular weight excluding hydrogens is 258 g/mol. The van der Waals surface area contributed by atoms with Crippen molar-refractivity contribution in [1.82, 2.24) is 15.1 Å². The predicted octanol–water partition coefficient (Wildman–Crippen LogP) is 0.958. The summed E-state index contributed by atoms with van der Waals surface area (Å²) in [6, 6.07) is 0.109. The number of nitrogens with one attached hydrogen (secondary N) is 1. The molecule has 1 aromatic rings. The number of carbonyl (C=O) groups is 2. The van der Waals surface area contributed by atoms with E-state index in [4.69, 9.17) is 5.11 Å². The van der Waals surface area contributed by atoms with E-state index in [1.807, 2.05) is 13.1 Å². The topological polar surface area (TPSA) is 84.2 Å². The minimum atomic E-state index is -0.704. The van der Waals surface area contributed by atoms with Crippen LogP contribution in [-0.4, -0.2) is 32.8 Å². The molecule has 2 aliphatic rings. The molecule has 0 aliphatic heterocycles. The monoisotopic (exact) mass is 277 g/mol. The van der Waals surface area contributed by atoms with Crippen LogP contribution in [0.5, 0.6) is 0 Å². The van der Waals surface area contributed by atoms with Crippen molar-refractivity contribution in [2.24, 2.45) is 24.8 Å². The first kappa shape index (κ1) is 13.1. The maximum atomic E-state index is 12.2. The van der Waals surface area contributed by atoms with Crippen LogP contribution in [0.3, 0.4) is 0 Å². The number of aryl methyl sites for hydroxylation is 2. The third-order valence-corrected chi connectivity index (χ3v) is 4.72. The fourth-order valence-corrected chi connectivity index (χ4v) is 3.66. The van der Waals surface area contributed by atoms with Crippen molar-refractivity contribution >= 4 is 11.9 Å². The Morgan fingerprint density at radius 3 is 2.75 bits per heavy atom. The lowest BCUT2D eigenvalue weighted by Crippen LogP contribution is -2.50. The third-order valence-electron chi connectivity index (χ3n) is 4.72. The van der Waals surface area contributed by atoms with Gasteiger partial charge in [0.15, 0.2) is 5.69 Å². The fraction of sp³-hybridized carbons (Fsp3) is 0.643. The Morgan fingerprint density at radius 1 is 1.40 bits per heavy atom. The van der Waals surface area contributed by atoms with Gasteiger partial charge in [-0.1, -0.05) is 0 Å². The van der Waals surface area contributed by atoms with Gasteiger partial charge in [-0.3, -0.25) is 14.3 Å². The molecule has 20 heavy (non-hydrogen) atoms. The van der Waals surface area contributed by atoms with Crippen molar-refractivity contribution in [2.75, 3.05) is 0 Å². The number of carboxylic acid groups (broad SMARTS) is 1. The lowest BCUT2D eigenvalue weighted by Gasteiger charge is -2.40. The summed E-state index contributed by atoms with van der Waals surface area (Å²) in [4.78, 5) is 23.2. The number of rotatable bonds is 3. The average molecular weight is 277 g/mol. The fourth-order valence-electron chi connectivity index (χ4n) is 3.66. The summed E-state index contributed by atoms with van der Waals surface area (Å²) < 4.78 is 1.63. The Morgan fingerprint density at radius 2 is 2.15 bits per heavy atom. The van der Waals surface area contributed by atoms with Gasteiger partial charge in [0.25, 0.3) is 5.91 Å². The van der Waals surface area contributed by atoms with Gasteiger partial charge in [0.2, 0.25) is 0 Å². The first-order chi connectivity index (χ1) is 9.45. The van der Waals surface area contributed by atoms with Crippen LogP contribution in [-0.2, 0) is 11.8 Å². The van der Waals surface area contributed by atoms with Gasteiger partial charge in [-0.15, -0.1) is 0 Å². The minimum Gasteiger partial charge on any atom is -0.481 e. The van der Waals surface area contributed by atoms with Crippen molar-refractivity contribution in [2.45, 2.75) is 32.2 Å². The van der Waals surface area contributed by atoms with Crippen LogP contribution in [0, 0.1) is 24.7 Å². The normalized spacial score (nSPS) is 31.5. The number of hydrogen-bond acceptors (Lipinski definition) is 3. The molecule has 2 aliphatic carbocycles. The van der Waals surface area contributed by atoms with Crippen LogP contribution in [0.25, 0.3) is 0 Å². The molecule has 0 radical (unpaired) electrons. The van der Waals surface area contributed by atoms with Crippen LogP contribution < -0.4 is 5.32 Å². The molecule has 0 spiro atoms. The van der Waals surface area contributed by atoms with E-state index in [9.17, 15) is 9.59 Å². The number of aromatic nitrogens is 2. The maximum Gasteiger partial charge on any atom is 0.306 e. The van der Waals surface area contributed by atoms with Crippen LogP contribution in [0.2, 0.25) is 0 Å². The lowest BCUT2D eigenvalue weighted by atomic mass is 9.71. The van der Waals surface area contributed by atoms with E-state index in [1.165, 1.54) is 0 Å². The zero-order valence-electron chi connectivity index (χ0n) is 11.7. The molecule has 0 saturated heterocycles. The molecule has 0 aromatic carbocycles. The molecule has 1 aromatic heterocycles. The zero-order chi connectivity index (χ0) is 14.4. The highest BCUT2D eigenvalue weighted by atomic mass is 16.4. The standard InChI is InChI=1S/C14H19N3O3/c1-7-6-17(2)16-12(7)13(18)15-11-5-8-3-9(14(19)20)4-10(8)11/h6,8-11H,3-5H2,1-2H3,(H,15,18)(H,19,20)/t8-,9?,10-,11+/m0/s1. The number of hydrogen-bond donors (Lipinski definition) is 2. The van der Waals surface area contributed by atoms with E-state index in [0.29, 0.717) is 24.0 Å². The van der Waals surface area contributed by atoms with Crippen LogP contribution in [0.4, 0.5) is 0 Å².